The lowest BCUT2D eigenvalue weighted by Gasteiger charge is -2.05. The average Bonchev–Trinajstić information content (AvgIpc) is 2.71. The summed E-state index contributed by atoms with van der Waals surface area (Å²) >= 11 is 0. The second-order valence-electron chi connectivity index (χ2n) is 5.07. The van der Waals surface area contributed by atoms with Crippen molar-refractivity contribution in [1.82, 2.24) is 15.1 Å². The van der Waals surface area contributed by atoms with Crippen molar-refractivity contribution in [2.75, 3.05) is 0 Å². The number of hydrogen-bond acceptors (Lipinski definition) is 2. The molecule has 5 heteroatoms. The topological polar surface area (TPSA) is 29.9 Å². The number of aromatic nitrogens is 2. The highest BCUT2D eigenvalue weighted by molar-refractivity contribution is 5.85. The van der Waals surface area contributed by atoms with Crippen molar-refractivity contribution >= 4 is 12.4 Å². The second-order valence-corrected chi connectivity index (χ2v) is 5.07. The predicted octanol–water partition coefficient (Wildman–Crippen LogP) is 3.39. The van der Waals surface area contributed by atoms with E-state index >= 15 is 0 Å². The highest BCUT2D eigenvalue weighted by Gasteiger charge is 2.07. The van der Waals surface area contributed by atoms with Gasteiger partial charge in [-0.3, -0.25) is 4.68 Å². The highest BCUT2D eigenvalue weighted by atomic mass is 35.5. The molecule has 0 aliphatic rings. The Bertz CT molecular complexity index is 552. The fraction of sp³-hybridized carbons (Fsp3) is 0.400. The summed E-state index contributed by atoms with van der Waals surface area (Å²) in [5.74, 6) is 0.241. The van der Waals surface area contributed by atoms with Gasteiger partial charge >= 0.3 is 0 Å². The summed E-state index contributed by atoms with van der Waals surface area (Å²) < 4.78 is 14.9. The van der Waals surface area contributed by atoms with E-state index in [1.54, 1.807) is 12.1 Å². The highest BCUT2D eigenvalue weighted by Crippen LogP contribution is 2.13. The third-order valence-electron chi connectivity index (χ3n) is 3.11. The Labute approximate surface area is 125 Å². The SMILES string of the molecule is CC(C)c1cc(CNCc2cccc(F)c2)n(C)n1.Cl. The molecule has 3 nitrogen and oxygen atoms in total. The van der Waals surface area contributed by atoms with E-state index in [0.717, 1.165) is 23.5 Å². The molecule has 2 aromatic rings. The first kappa shape index (κ1) is 16.7. The molecule has 0 fully saturated rings. The van der Waals surface area contributed by atoms with Crippen molar-refractivity contribution < 1.29 is 4.39 Å². The number of hydrogen-bond donors (Lipinski definition) is 1. The zero-order valence-corrected chi connectivity index (χ0v) is 12.9. The molecule has 1 N–H and O–H groups in total. The van der Waals surface area contributed by atoms with Crippen LogP contribution in [-0.2, 0) is 20.1 Å². The minimum Gasteiger partial charge on any atom is -0.307 e. The van der Waals surface area contributed by atoms with Crippen LogP contribution in [0.25, 0.3) is 0 Å². The Morgan fingerprint density at radius 1 is 1.25 bits per heavy atom. The molecule has 0 saturated heterocycles. The Kier molecular flexibility index (Phi) is 6.17. The fourth-order valence-corrected chi connectivity index (χ4v) is 1.96. The normalized spacial score (nSPS) is 10.7. The lowest BCUT2D eigenvalue weighted by atomic mass is 10.1. The van der Waals surface area contributed by atoms with Gasteiger partial charge in [0.15, 0.2) is 0 Å². The van der Waals surface area contributed by atoms with Crippen molar-refractivity contribution in [3.63, 3.8) is 0 Å². The van der Waals surface area contributed by atoms with E-state index in [-0.39, 0.29) is 18.2 Å². The number of halogens is 2. The summed E-state index contributed by atoms with van der Waals surface area (Å²) in [6.07, 6.45) is 0. The van der Waals surface area contributed by atoms with Crippen LogP contribution in [0.3, 0.4) is 0 Å². The van der Waals surface area contributed by atoms with Crippen LogP contribution in [-0.4, -0.2) is 9.78 Å². The molecule has 1 heterocycles. The van der Waals surface area contributed by atoms with Crippen LogP contribution in [0.2, 0.25) is 0 Å². The van der Waals surface area contributed by atoms with Crippen LogP contribution in [0, 0.1) is 5.82 Å². The molecule has 1 aromatic carbocycles. The molecule has 0 spiro atoms. The predicted molar refractivity (Wildman–Crippen MR) is 81.5 cm³/mol. The van der Waals surface area contributed by atoms with Crippen LogP contribution in [0.4, 0.5) is 4.39 Å². The molecule has 1 aromatic heterocycles. The van der Waals surface area contributed by atoms with E-state index < -0.39 is 0 Å². The van der Waals surface area contributed by atoms with Crippen LogP contribution >= 0.6 is 12.4 Å². The molecule has 0 bridgehead atoms. The minimum absolute atomic E-state index is 0. The summed E-state index contributed by atoms with van der Waals surface area (Å²) in [6, 6.07) is 8.77. The molecule has 0 amide bonds. The molecular formula is C15H21ClFN3. The zero-order chi connectivity index (χ0) is 13.8. The third-order valence-corrected chi connectivity index (χ3v) is 3.11. The molecule has 0 unspecified atom stereocenters. The van der Waals surface area contributed by atoms with Gasteiger partial charge in [0.25, 0.3) is 0 Å². The van der Waals surface area contributed by atoms with E-state index in [9.17, 15) is 4.39 Å². The van der Waals surface area contributed by atoms with E-state index in [0.29, 0.717) is 12.5 Å². The van der Waals surface area contributed by atoms with Gasteiger partial charge in [-0.2, -0.15) is 5.10 Å². The zero-order valence-electron chi connectivity index (χ0n) is 12.1. The van der Waals surface area contributed by atoms with Gasteiger partial charge in [0.1, 0.15) is 5.82 Å². The minimum atomic E-state index is -0.193. The fourth-order valence-electron chi connectivity index (χ4n) is 1.96. The van der Waals surface area contributed by atoms with Crippen molar-refractivity contribution in [3.05, 3.63) is 53.1 Å². The number of rotatable bonds is 5. The molecule has 0 aliphatic heterocycles. The average molecular weight is 298 g/mol. The molecular weight excluding hydrogens is 277 g/mol. The Balaban J connectivity index is 0.00000200. The quantitative estimate of drug-likeness (QED) is 0.917. The van der Waals surface area contributed by atoms with Gasteiger partial charge in [-0.05, 0) is 29.7 Å². The summed E-state index contributed by atoms with van der Waals surface area (Å²) in [6.45, 7) is 5.64. The standard InChI is InChI=1S/C15H20FN3.ClH/c1-11(2)15-8-14(19(3)18-15)10-17-9-12-5-4-6-13(16)7-12;/h4-8,11,17H,9-10H2,1-3H3;1H. The molecule has 20 heavy (non-hydrogen) atoms. The van der Waals surface area contributed by atoms with E-state index in [1.165, 1.54) is 6.07 Å². The Morgan fingerprint density at radius 2 is 2.00 bits per heavy atom. The van der Waals surface area contributed by atoms with Crippen molar-refractivity contribution in [2.24, 2.45) is 7.05 Å². The van der Waals surface area contributed by atoms with Crippen LogP contribution in [0.5, 0.6) is 0 Å². The third kappa shape index (κ3) is 4.32. The van der Waals surface area contributed by atoms with Crippen LogP contribution in [0.15, 0.2) is 30.3 Å². The molecule has 0 radical (unpaired) electrons. The van der Waals surface area contributed by atoms with Crippen molar-refractivity contribution in [1.29, 1.82) is 0 Å². The lowest BCUT2D eigenvalue weighted by Crippen LogP contribution is -2.15. The molecule has 0 atom stereocenters. The van der Waals surface area contributed by atoms with Gasteiger partial charge in [-0.1, -0.05) is 26.0 Å². The van der Waals surface area contributed by atoms with Gasteiger partial charge in [0.2, 0.25) is 0 Å². The Hall–Kier alpha value is -1.39. The molecule has 110 valence electrons. The van der Waals surface area contributed by atoms with E-state index in [4.69, 9.17) is 0 Å². The maximum atomic E-state index is 13.0. The number of nitrogens with one attached hydrogen (secondary N) is 1. The maximum absolute atomic E-state index is 13.0. The number of benzene rings is 1. The van der Waals surface area contributed by atoms with Gasteiger partial charge in [0.05, 0.1) is 11.4 Å². The largest absolute Gasteiger partial charge is 0.307 e. The van der Waals surface area contributed by atoms with Crippen molar-refractivity contribution in [2.45, 2.75) is 32.9 Å². The summed E-state index contributed by atoms with van der Waals surface area (Å²) in [5.41, 5.74) is 3.19. The second kappa shape index (κ2) is 7.41. The van der Waals surface area contributed by atoms with Gasteiger partial charge < -0.3 is 5.32 Å². The smallest absolute Gasteiger partial charge is 0.123 e. The van der Waals surface area contributed by atoms with E-state index in [1.807, 2.05) is 17.8 Å². The Morgan fingerprint density at radius 3 is 2.60 bits per heavy atom. The monoisotopic (exact) mass is 297 g/mol. The van der Waals surface area contributed by atoms with Gasteiger partial charge in [0, 0.05) is 20.1 Å². The summed E-state index contributed by atoms with van der Waals surface area (Å²) in [5, 5.41) is 7.78. The first-order valence-electron chi connectivity index (χ1n) is 6.54. The van der Waals surface area contributed by atoms with E-state index in [2.05, 4.69) is 30.3 Å². The van der Waals surface area contributed by atoms with Gasteiger partial charge in [-0.15, -0.1) is 12.4 Å². The lowest BCUT2D eigenvalue weighted by molar-refractivity contribution is 0.607. The molecule has 2 rings (SSSR count). The van der Waals surface area contributed by atoms with Gasteiger partial charge in [-0.25, -0.2) is 4.39 Å². The number of nitrogens with zero attached hydrogens (tertiary/aromatic N) is 2. The summed E-state index contributed by atoms with van der Waals surface area (Å²) in [4.78, 5) is 0. The first-order valence-corrected chi connectivity index (χ1v) is 6.54. The first-order chi connectivity index (χ1) is 9.06. The van der Waals surface area contributed by atoms with Crippen LogP contribution < -0.4 is 5.32 Å². The molecule has 0 aliphatic carbocycles. The molecule has 0 saturated carbocycles. The summed E-state index contributed by atoms with van der Waals surface area (Å²) in [7, 11) is 1.95. The van der Waals surface area contributed by atoms with Crippen LogP contribution in [0.1, 0.15) is 36.7 Å². The maximum Gasteiger partial charge on any atom is 0.123 e. The number of aryl methyl sites for hydroxylation is 1. The van der Waals surface area contributed by atoms with Crippen molar-refractivity contribution in [3.8, 4) is 0 Å².